The van der Waals surface area contributed by atoms with Gasteiger partial charge in [-0.15, -0.1) is 0 Å². The number of hydrogen-bond acceptors (Lipinski definition) is 10. The number of allylic oxidation sites excluding steroid dienone is 4. The van der Waals surface area contributed by atoms with Gasteiger partial charge in [0.2, 0.25) is 0 Å². The predicted octanol–water partition coefficient (Wildman–Crippen LogP) is 0.730. The summed E-state index contributed by atoms with van der Waals surface area (Å²) in [6, 6.07) is 0. The Morgan fingerprint density at radius 3 is 2.21 bits per heavy atom. The van der Waals surface area contributed by atoms with Crippen LogP contribution in [0, 0.1) is 5.41 Å². The summed E-state index contributed by atoms with van der Waals surface area (Å²) in [6.45, 7) is 0.0717. The summed E-state index contributed by atoms with van der Waals surface area (Å²) in [7, 11) is -5.14. The van der Waals surface area contributed by atoms with E-state index in [0.717, 1.165) is 44.9 Å². The molecule has 0 aliphatic carbocycles. The number of aliphatic hydroxyl groups excluding tert-OH is 1. The summed E-state index contributed by atoms with van der Waals surface area (Å²) in [5, 5.41) is 7.59. The van der Waals surface area contributed by atoms with Crippen molar-refractivity contribution in [3.05, 3.63) is 24.3 Å². The quantitative estimate of drug-likeness (QED) is 0.0596. The Kier molecular flexibility index (Phi) is 21.7. The third-order valence-corrected chi connectivity index (χ3v) is 7.29. The van der Waals surface area contributed by atoms with E-state index in [4.69, 9.17) is 14.2 Å². The predicted molar refractivity (Wildman–Crippen MR) is 140 cm³/mol. The van der Waals surface area contributed by atoms with Crippen LogP contribution in [0.3, 0.4) is 0 Å². The number of aliphatic hydroxyl groups is 1. The van der Waals surface area contributed by atoms with Crippen LogP contribution in [-0.2, 0) is 38.7 Å². The monoisotopic (exact) mass is 598 g/mol. The molecule has 218 valence electrons. The first-order valence-corrected chi connectivity index (χ1v) is 14.9. The number of hydrogen-bond donors (Lipinski definition) is 1. The van der Waals surface area contributed by atoms with E-state index in [-0.39, 0.29) is 57.8 Å². The molecule has 1 saturated heterocycles. The van der Waals surface area contributed by atoms with Gasteiger partial charge in [0.25, 0.3) is 0 Å². The van der Waals surface area contributed by atoms with Crippen LogP contribution in [0.15, 0.2) is 24.3 Å². The Morgan fingerprint density at radius 1 is 1.00 bits per heavy atom. The summed E-state index contributed by atoms with van der Waals surface area (Å²) < 4.78 is 48.8. The van der Waals surface area contributed by atoms with Gasteiger partial charge in [0.15, 0.2) is 5.25 Å². The third-order valence-electron chi connectivity index (χ3n) is 6.23. The third kappa shape index (κ3) is 17.7. The van der Waals surface area contributed by atoms with Gasteiger partial charge in [-0.1, -0.05) is 63.3 Å². The first kappa shape index (κ1) is 38.4. The van der Waals surface area contributed by atoms with Crippen molar-refractivity contribution < 1.29 is 98.1 Å². The molecule has 10 nitrogen and oxygen atoms in total. The van der Waals surface area contributed by atoms with Crippen molar-refractivity contribution in [3.8, 4) is 0 Å². The molecule has 0 spiro atoms. The number of esters is 3. The van der Waals surface area contributed by atoms with Crippen LogP contribution >= 0.6 is 0 Å². The Labute approximate surface area is 275 Å². The van der Waals surface area contributed by atoms with E-state index in [9.17, 15) is 32.5 Å². The maximum absolute atomic E-state index is 12.2. The number of carbonyl (C=O) groups excluding carboxylic acids is 3. The summed E-state index contributed by atoms with van der Waals surface area (Å²) >= 11 is 0. The zero-order valence-electron chi connectivity index (χ0n) is 23.4. The second kappa shape index (κ2) is 22.1. The number of rotatable bonds is 18. The van der Waals surface area contributed by atoms with Crippen molar-refractivity contribution in [1.82, 2.24) is 0 Å². The van der Waals surface area contributed by atoms with Crippen molar-refractivity contribution in [2.45, 2.75) is 95.6 Å². The molecule has 0 aromatic carbocycles. The van der Waals surface area contributed by atoms with Gasteiger partial charge in [0, 0.05) is 6.42 Å². The molecule has 1 rings (SSSR count). The van der Waals surface area contributed by atoms with E-state index in [2.05, 4.69) is 31.2 Å². The first-order valence-electron chi connectivity index (χ1n) is 13.5. The fraction of sp³-hybridized carbons (Fsp3) is 0.741. The van der Waals surface area contributed by atoms with E-state index in [0.29, 0.717) is 6.42 Å². The Bertz CT molecular complexity index is 887. The van der Waals surface area contributed by atoms with Crippen molar-refractivity contribution in [2.75, 3.05) is 26.4 Å². The Balaban J connectivity index is 0.0000144. The number of cyclic esters (lactones) is 2. The molecule has 1 aliphatic rings. The second-order valence-electron chi connectivity index (χ2n) is 9.75. The summed E-state index contributed by atoms with van der Waals surface area (Å²) in [5.74, 6) is -3.03. The first-order chi connectivity index (χ1) is 18.1. The van der Waals surface area contributed by atoms with E-state index in [1.54, 1.807) is 0 Å². The standard InChI is InChI=1S/C27H44O10S.K/c1-2-3-4-5-6-7-8-9-10-11-12-13-14-15-16-17-24(29)35-20-27(19-28)21-36-25(30)18-23(38(32,33)34)26(31)37-22-27;/h6-7,9-10,23,28H,2-5,8,11-22H2,1H3,(H,32,33,34);/q;+1/p-1/b7-6-,10-9-;. The van der Waals surface area contributed by atoms with Crippen LogP contribution in [-0.4, -0.2) is 67.7 Å². The van der Waals surface area contributed by atoms with Gasteiger partial charge < -0.3 is 23.9 Å². The minimum Gasteiger partial charge on any atom is -0.747 e. The van der Waals surface area contributed by atoms with Gasteiger partial charge >= 0.3 is 69.3 Å². The number of carbonyl (C=O) groups is 3. The van der Waals surface area contributed by atoms with Crippen LogP contribution in [0.4, 0.5) is 0 Å². The molecule has 1 aliphatic heterocycles. The Hall–Kier alpha value is -0.604. The minimum absolute atomic E-state index is 0. The van der Waals surface area contributed by atoms with Gasteiger partial charge in [-0.05, 0) is 38.5 Å². The molecule has 0 radical (unpaired) electrons. The average molecular weight is 599 g/mol. The van der Waals surface area contributed by atoms with Gasteiger partial charge in [0.05, 0.1) is 18.4 Å². The number of ether oxygens (including phenoxy) is 3. The summed E-state index contributed by atoms with van der Waals surface area (Å²) in [5.41, 5.74) is -1.46. The topological polar surface area (TPSA) is 156 Å². The number of unbranched alkanes of at least 4 members (excludes halogenated alkanes) is 8. The van der Waals surface area contributed by atoms with E-state index >= 15 is 0 Å². The zero-order valence-corrected chi connectivity index (χ0v) is 27.4. The maximum Gasteiger partial charge on any atom is 1.00 e. The van der Waals surface area contributed by atoms with Gasteiger partial charge in [-0.3, -0.25) is 14.4 Å². The summed E-state index contributed by atoms with van der Waals surface area (Å²) in [4.78, 5) is 36.0. The molecule has 39 heavy (non-hydrogen) atoms. The van der Waals surface area contributed by atoms with E-state index < -0.39 is 71.5 Å². The van der Waals surface area contributed by atoms with E-state index in [1.165, 1.54) is 19.3 Å². The van der Waals surface area contributed by atoms with Crippen LogP contribution in [0.2, 0.25) is 0 Å². The van der Waals surface area contributed by atoms with E-state index in [1.807, 2.05) is 0 Å². The van der Waals surface area contributed by atoms with Crippen molar-refractivity contribution in [1.29, 1.82) is 0 Å². The molecule has 12 heteroatoms. The largest absolute Gasteiger partial charge is 1.00 e. The molecular weight excluding hydrogens is 555 g/mol. The molecule has 2 unspecified atom stereocenters. The molecule has 0 bridgehead atoms. The molecule has 0 aromatic rings. The van der Waals surface area contributed by atoms with Gasteiger partial charge in [-0.25, -0.2) is 8.42 Å². The van der Waals surface area contributed by atoms with Crippen molar-refractivity contribution >= 4 is 28.0 Å². The summed E-state index contributed by atoms with van der Waals surface area (Å²) in [6.07, 6.45) is 19.6. The Morgan fingerprint density at radius 2 is 1.59 bits per heavy atom. The van der Waals surface area contributed by atoms with Gasteiger partial charge in [0.1, 0.15) is 29.9 Å². The second-order valence-corrected chi connectivity index (χ2v) is 11.3. The normalized spacial score (nSPS) is 20.5. The fourth-order valence-corrected chi connectivity index (χ4v) is 4.36. The molecule has 0 aromatic heterocycles. The van der Waals surface area contributed by atoms with Crippen LogP contribution in [0.25, 0.3) is 0 Å². The zero-order chi connectivity index (χ0) is 28.3. The fourth-order valence-electron chi connectivity index (χ4n) is 3.71. The van der Waals surface area contributed by atoms with Crippen LogP contribution in [0.1, 0.15) is 90.4 Å². The van der Waals surface area contributed by atoms with Crippen molar-refractivity contribution in [2.24, 2.45) is 5.41 Å². The minimum atomic E-state index is -5.14. The molecular formula is C27H43KO10S. The molecule has 1 N–H and O–H groups in total. The molecule has 0 saturated carbocycles. The molecule has 2 atom stereocenters. The van der Waals surface area contributed by atoms with Crippen molar-refractivity contribution in [3.63, 3.8) is 0 Å². The smallest absolute Gasteiger partial charge is 0.747 e. The molecule has 1 fully saturated rings. The van der Waals surface area contributed by atoms with Crippen LogP contribution in [0.5, 0.6) is 0 Å². The SMILES string of the molecule is CCCCC/C=C\C/C=C\CCCCCCCC(=O)OCC1(CO)COC(=O)CC(S(=O)(=O)[O-])C(=O)OC1.[K+]. The van der Waals surface area contributed by atoms with Gasteiger partial charge in [-0.2, -0.15) is 0 Å². The molecule has 1 heterocycles. The van der Waals surface area contributed by atoms with Crippen LogP contribution < -0.4 is 51.4 Å². The maximum atomic E-state index is 12.2. The molecule has 0 amide bonds. The average Bonchev–Trinajstić information content (AvgIpc) is 2.94.